The quantitative estimate of drug-likeness (QED) is 0.376. The summed E-state index contributed by atoms with van der Waals surface area (Å²) >= 11 is 0. The van der Waals surface area contributed by atoms with Gasteiger partial charge in [0.15, 0.2) is 0 Å². The molecule has 0 saturated heterocycles. The summed E-state index contributed by atoms with van der Waals surface area (Å²) in [6.45, 7) is 8.75. The van der Waals surface area contributed by atoms with Gasteiger partial charge >= 0.3 is 12.1 Å². The average molecular weight is 459 g/mol. The lowest BCUT2D eigenvalue weighted by Crippen LogP contribution is -2.47. The third-order valence-electron chi connectivity index (χ3n) is 5.75. The number of nitrogens with one attached hydrogen (secondary N) is 4. The Kier molecular flexibility index (Phi) is 7.95. The molecule has 0 aliphatic rings. The minimum Gasteiger partial charge on any atom is -0.334 e. The molecule has 6 heteroatoms. The van der Waals surface area contributed by atoms with Crippen molar-refractivity contribution in [3.63, 3.8) is 0 Å². The van der Waals surface area contributed by atoms with E-state index in [-0.39, 0.29) is 12.1 Å². The number of carbonyl (C=O) groups excluding carboxylic acids is 2. The maximum atomic E-state index is 12.5. The maximum absolute atomic E-state index is 12.5. The Morgan fingerprint density at radius 1 is 0.588 bits per heavy atom. The highest BCUT2D eigenvalue weighted by atomic mass is 16.2. The summed E-state index contributed by atoms with van der Waals surface area (Å²) in [6, 6.07) is 27.0. The van der Waals surface area contributed by atoms with Crippen molar-refractivity contribution in [2.24, 2.45) is 0 Å². The molecule has 3 aromatic carbocycles. The summed E-state index contributed by atoms with van der Waals surface area (Å²) < 4.78 is 0. The molecule has 4 amide bonds. The van der Waals surface area contributed by atoms with E-state index in [1.807, 2.05) is 113 Å². The summed E-state index contributed by atoms with van der Waals surface area (Å²) in [7, 11) is 0. The maximum Gasteiger partial charge on any atom is 0.315 e. The highest BCUT2D eigenvalue weighted by Gasteiger charge is 2.27. The van der Waals surface area contributed by atoms with Gasteiger partial charge < -0.3 is 21.3 Å². The standard InChI is InChI=1S/C28H34N4O2/c1-27(2,31-25(33)29-19-21-12-7-5-8-13-21)23-16-11-17-24(18-23)28(3,4)32-26(34)30-20-22-14-9-6-10-15-22/h5-18H,19-20H2,1-4H3,(H2,29,31,33)(H2,30,32,34). The first kappa shape index (κ1) is 24.8. The van der Waals surface area contributed by atoms with Crippen LogP contribution in [-0.2, 0) is 24.2 Å². The molecule has 3 rings (SSSR count). The fourth-order valence-corrected chi connectivity index (χ4v) is 3.65. The molecular weight excluding hydrogens is 424 g/mol. The van der Waals surface area contributed by atoms with Crippen LogP contribution in [0.2, 0.25) is 0 Å². The largest absolute Gasteiger partial charge is 0.334 e. The molecule has 0 saturated carbocycles. The smallest absolute Gasteiger partial charge is 0.315 e. The molecular formula is C28H34N4O2. The molecule has 0 bridgehead atoms. The first-order chi connectivity index (χ1) is 16.2. The molecule has 0 radical (unpaired) electrons. The lowest BCUT2D eigenvalue weighted by molar-refractivity contribution is 0.229. The molecule has 6 nitrogen and oxygen atoms in total. The summed E-state index contributed by atoms with van der Waals surface area (Å²) in [5.74, 6) is 0. The van der Waals surface area contributed by atoms with Crippen LogP contribution in [0.5, 0.6) is 0 Å². The zero-order valence-corrected chi connectivity index (χ0v) is 20.3. The highest BCUT2D eigenvalue weighted by Crippen LogP contribution is 2.26. The number of carbonyl (C=O) groups is 2. The Balaban J connectivity index is 1.61. The van der Waals surface area contributed by atoms with E-state index >= 15 is 0 Å². The number of hydrogen-bond donors (Lipinski definition) is 4. The van der Waals surface area contributed by atoms with E-state index in [2.05, 4.69) is 21.3 Å². The molecule has 0 spiro atoms. The van der Waals surface area contributed by atoms with E-state index in [0.29, 0.717) is 13.1 Å². The van der Waals surface area contributed by atoms with Gasteiger partial charge in [0.1, 0.15) is 0 Å². The Morgan fingerprint density at radius 2 is 0.971 bits per heavy atom. The van der Waals surface area contributed by atoms with Gasteiger partial charge in [0.25, 0.3) is 0 Å². The Bertz CT molecular complexity index is 1010. The molecule has 0 unspecified atom stereocenters. The van der Waals surface area contributed by atoms with Crippen molar-refractivity contribution in [1.82, 2.24) is 21.3 Å². The van der Waals surface area contributed by atoms with Crippen LogP contribution in [-0.4, -0.2) is 12.1 Å². The van der Waals surface area contributed by atoms with Crippen LogP contribution in [0.25, 0.3) is 0 Å². The summed E-state index contributed by atoms with van der Waals surface area (Å²) in [5, 5.41) is 11.9. The predicted molar refractivity (Wildman–Crippen MR) is 136 cm³/mol. The van der Waals surface area contributed by atoms with Gasteiger partial charge in [-0.05, 0) is 49.9 Å². The minimum absolute atomic E-state index is 0.239. The predicted octanol–water partition coefficient (Wildman–Crippen LogP) is 5.16. The topological polar surface area (TPSA) is 82.3 Å². The van der Waals surface area contributed by atoms with Gasteiger partial charge in [-0.15, -0.1) is 0 Å². The van der Waals surface area contributed by atoms with Gasteiger partial charge in [0.05, 0.1) is 11.1 Å². The Hall–Kier alpha value is -3.80. The summed E-state index contributed by atoms with van der Waals surface area (Å²) in [4.78, 5) is 25.1. The number of hydrogen-bond acceptors (Lipinski definition) is 2. The second-order valence-corrected chi connectivity index (χ2v) is 9.42. The van der Waals surface area contributed by atoms with Gasteiger partial charge in [0.2, 0.25) is 0 Å². The molecule has 0 aliphatic heterocycles. The lowest BCUT2D eigenvalue weighted by Gasteiger charge is -2.31. The van der Waals surface area contributed by atoms with Crippen molar-refractivity contribution >= 4 is 12.1 Å². The van der Waals surface area contributed by atoms with Crippen molar-refractivity contribution in [1.29, 1.82) is 0 Å². The van der Waals surface area contributed by atoms with Crippen LogP contribution in [0.15, 0.2) is 84.9 Å². The zero-order chi connectivity index (χ0) is 24.6. The van der Waals surface area contributed by atoms with E-state index in [1.165, 1.54) is 0 Å². The number of amides is 4. The average Bonchev–Trinajstić information content (AvgIpc) is 2.82. The van der Waals surface area contributed by atoms with Crippen LogP contribution in [0.4, 0.5) is 9.59 Å². The fraction of sp³-hybridized carbons (Fsp3) is 0.286. The van der Waals surface area contributed by atoms with E-state index in [9.17, 15) is 9.59 Å². The van der Waals surface area contributed by atoms with Gasteiger partial charge in [-0.3, -0.25) is 0 Å². The SMILES string of the molecule is CC(C)(NC(=O)NCc1ccccc1)c1cccc(C(C)(C)NC(=O)NCc2ccccc2)c1. The molecule has 0 heterocycles. The lowest BCUT2D eigenvalue weighted by atomic mass is 9.87. The van der Waals surface area contributed by atoms with Crippen molar-refractivity contribution in [3.05, 3.63) is 107 Å². The molecule has 0 fully saturated rings. The third kappa shape index (κ3) is 7.10. The normalized spacial score (nSPS) is 11.4. The van der Waals surface area contributed by atoms with Crippen molar-refractivity contribution < 1.29 is 9.59 Å². The molecule has 4 N–H and O–H groups in total. The van der Waals surface area contributed by atoms with Gasteiger partial charge in [-0.2, -0.15) is 0 Å². The van der Waals surface area contributed by atoms with Gasteiger partial charge in [-0.25, -0.2) is 9.59 Å². The minimum atomic E-state index is -0.609. The van der Waals surface area contributed by atoms with Crippen molar-refractivity contribution in [2.45, 2.75) is 51.9 Å². The first-order valence-electron chi connectivity index (χ1n) is 11.5. The molecule has 0 aromatic heterocycles. The number of urea groups is 2. The molecule has 178 valence electrons. The molecule has 3 aromatic rings. The van der Waals surface area contributed by atoms with Crippen LogP contribution in [0.3, 0.4) is 0 Å². The van der Waals surface area contributed by atoms with E-state index in [1.54, 1.807) is 0 Å². The zero-order valence-electron chi connectivity index (χ0n) is 20.3. The molecule has 34 heavy (non-hydrogen) atoms. The van der Waals surface area contributed by atoms with E-state index in [0.717, 1.165) is 22.3 Å². The van der Waals surface area contributed by atoms with Crippen LogP contribution < -0.4 is 21.3 Å². The van der Waals surface area contributed by atoms with Crippen LogP contribution in [0.1, 0.15) is 49.9 Å². The highest BCUT2D eigenvalue weighted by molar-refractivity contribution is 5.75. The fourth-order valence-electron chi connectivity index (χ4n) is 3.65. The first-order valence-corrected chi connectivity index (χ1v) is 11.5. The molecule has 0 aliphatic carbocycles. The van der Waals surface area contributed by atoms with Crippen LogP contribution in [0, 0.1) is 0 Å². The number of rotatable bonds is 8. The molecule has 0 atom stereocenters. The van der Waals surface area contributed by atoms with Crippen LogP contribution >= 0.6 is 0 Å². The Labute approximate surface area is 202 Å². The Morgan fingerprint density at radius 3 is 1.35 bits per heavy atom. The third-order valence-corrected chi connectivity index (χ3v) is 5.75. The van der Waals surface area contributed by atoms with Crippen molar-refractivity contribution in [2.75, 3.05) is 0 Å². The van der Waals surface area contributed by atoms with Gasteiger partial charge in [0, 0.05) is 13.1 Å². The number of benzene rings is 3. The van der Waals surface area contributed by atoms with Gasteiger partial charge in [-0.1, -0.05) is 84.9 Å². The summed E-state index contributed by atoms with van der Waals surface area (Å²) in [5.41, 5.74) is 2.75. The van der Waals surface area contributed by atoms with E-state index < -0.39 is 11.1 Å². The summed E-state index contributed by atoms with van der Waals surface area (Å²) in [6.07, 6.45) is 0. The van der Waals surface area contributed by atoms with E-state index in [4.69, 9.17) is 0 Å². The second kappa shape index (κ2) is 10.9. The monoisotopic (exact) mass is 458 g/mol. The van der Waals surface area contributed by atoms with Crippen molar-refractivity contribution in [3.8, 4) is 0 Å². The second-order valence-electron chi connectivity index (χ2n) is 9.42.